The van der Waals surface area contributed by atoms with E-state index < -0.39 is 17.4 Å². The Morgan fingerprint density at radius 3 is 2.85 bits per heavy atom. The van der Waals surface area contributed by atoms with Crippen molar-refractivity contribution in [2.45, 2.75) is 51.0 Å². The van der Waals surface area contributed by atoms with Gasteiger partial charge in [0.05, 0.1) is 17.4 Å². The zero-order chi connectivity index (χ0) is 14.8. The lowest BCUT2D eigenvalue weighted by Gasteiger charge is -2.40. The van der Waals surface area contributed by atoms with Crippen LogP contribution in [0.15, 0.2) is 17.5 Å². The maximum absolute atomic E-state index is 12.4. The third-order valence-electron chi connectivity index (χ3n) is 4.28. The average molecular weight is 295 g/mol. The second-order valence-electron chi connectivity index (χ2n) is 5.78. The lowest BCUT2D eigenvalue weighted by atomic mass is 9.73. The summed E-state index contributed by atoms with van der Waals surface area (Å²) in [6.07, 6.45) is 3.25. The molecule has 1 heterocycles. The van der Waals surface area contributed by atoms with Crippen molar-refractivity contribution >= 4 is 23.2 Å². The van der Waals surface area contributed by atoms with Crippen LogP contribution in [0, 0.1) is 5.92 Å². The predicted molar refractivity (Wildman–Crippen MR) is 78.9 cm³/mol. The Kier molecular flexibility index (Phi) is 4.48. The molecule has 110 valence electrons. The van der Waals surface area contributed by atoms with Gasteiger partial charge in [-0.05, 0) is 38.1 Å². The molecule has 0 spiro atoms. The van der Waals surface area contributed by atoms with E-state index in [1.807, 2.05) is 31.4 Å². The SMILES string of the molecule is CC(C(=O)NC1(C)CCCCC1C(=O)O)c1cccs1. The highest BCUT2D eigenvalue weighted by atomic mass is 32.1. The Balaban J connectivity index is 2.10. The van der Waals surface area contributed by atoms with Crippen molar-refractivity contribution < 1.29 is 14.7 Å². The molecule has 0 radical (unpaired) electrons. The first kappa shape index (κ1) is 15.0. The quantitative estimate of drug-likeness (QED) is 0.897. The van der Waals surface area contributed by atoms with Gasteiger partial charge in [0.25, 0.3) is 0 Å². The Hall–Kier alpha value is -1.36. The zero-order valence-electron chi connectivity index (χ0n) is 11.9. The molecule has 20 heavy (non-hydrogen) atoms. The minimum absolute atomic E-state index is 0.0805. The van der Waals surface area contributed by atoms with E-state index in [1.54, 1.807) is 11.3 Å². The van der Waals surface area contributed by atoms with Gasteiger partial charge < -0.3 is 10.4 Å². The molecule has 2 rings (SSSR count). The normalized spacial score (nSPS) is 27.8. The predicted octanol–water partition coefficient (Wildman–Crippen LogP) is 3.00. The van der Waals surface area contributed by atoms with Crippen molar-refractivity contribution in [3.63, 3.8) is 0 Å². The Bertz CT molecular complexity index is 485. The highest BCUT2D eigenvalue weighted by Crippen LogP contribution is 2.34. The van der Waals surface area contributed by atoms with Gasteiger partial charge in [-0.1, -0.05) is 18.9 Å². The molecule has 1 aliphatic carbocycles. The molecule has 0 aromatic carbocycles. The van der Waals surface area contributed by atoms with E-state index in [9.17, 15) is 14.7 Å². The molecule has 0 aliphatic heterocycles. The number of carbonyl (C=O) groups is 2. The molecule has 1 fully saturated rings. The first-order chi connectivity index (χ1) is 9.44. The van der Waals surface area contributed by atoms with Crippen LogP contribution in [0.5, 0.6) is 0 Å². The van der Waals surface area contributed by atoms with Gasteiger partial charge in [0.15, 0.2) is 0 Å². The van der Waals surface area contributed by atoms with Crippen LogP contribution < -0.4 is 5.32 Å². The largest absolute Gasteiger partial charge is 0.481 e. The molecule has 5 heteroatoms. The Morgan fingerprint density at radius 2 is 2.25 bits per heavy atom. The summed E-state index contributed by atoms with van der Waals surface area (Å²) < 4.78 is 0. The fourth-order valence-corrected chi connectivity index (χ4v) is 3.72. The lowest BCUT2D eigenvalue weighted by molar-refractivity contribution is -0.146. The number of amides is 1. The molecule has 1 saturated carbocycles. The zero-order valence-corrected chi connectivity index (χ0v) is 12.7. The summed E-state index contributed by atoms with van der Waals surface area (Å²) in [7, 11) is 0. The standard InChI is InChI=1S/C15H21NO3S/c1-10(12-7-5-9-20-12)13(17)16-15(2)8-4-3-6-11(15)14(18)19/h5,7,9-11H,3-4,6,8H2,1-2H3,(H,16,17)(H,18,19). The topological polar surface area (TPSA) is 66.4 Å². The number of carboxylic acid groups (broad SMARTS) is 1. The Morgan fingerprint density at radius 1 is 1.50 bits per heavy atom. The second kappa shape index (κ2) is 5.95. The molecule has 2 N–H and O–H groups in total. The third kappa shape index (κ3) is 3.03. The molecule has 4 nitrogen and oxygen atoms in total. The highest BCUT2D eigenvalue weighted by molar-refractivity contribution is 7.10. The molecule has 1 aliphatic rings. The van der Waals surface area contributed by atoms with Crippen LogP contribution in [0.25, 0.3) is 0 Å². The molecule has 1 aromatic heterocycles. The van der Waals surface area contributed by atoms with Crippen LogP contribution in [-0.2, 0) is 9.59 Å². The minimum Gasteiger partial charge on any atom is -0.481 e. The number of hydrogen-bond acceptors (Lipinski definition) is 3. The maximum atomic E-state index is 12.4. The van der Waals surface area contributed by atoms with Crippen molar-refractivity contribution in [1.82, 2.24) is 5.32 Å². The fraction of sp³-hybridized carbons (Fsp3) is 0.600. The van der Waals surface area contributed by atoms with Crippen molar-refractivity contribution in [2.75, 3.05) is 0 Å². The number of hydrogen-bond donors (Lipinski definition) is 2. The van der Waals surface area contributed by atoms with Gasteiger partial charge in [-0.2, -0.15) is 0 Å². The molecule has 1 amide bonds. The number of carboxylic acids is 1. The van der Waals surface area contributed by atoms with Gasteiger partial charge in [-0.3, -0.25) is 9.59 Å². The van der Waals surface area contributed by atoms with E-state index in [2.05, 4.69) is 5.32 Å². The number of aliphatic carboxylic acids is 1. The van der Waals surface area contributed by atoms with Gasteiger partial charge in [0.1, 0.15) is 0 Å². The van der Waals surface area contributed by atoms with Gasteiger partial charge in [0.2, 0.25) is 5.91 Å². The van der Waals surface area contributed by atoms with E-state index in [0.717, 1.165) is 24.1 Å². The highest BCUT2D eigenvalue weighted by Gasteiger charge is 2.42. The van der Waals surface area contributed by atoms with Crippen molar-refractivity contribution in [3.8, 4) is 0 Å². The van der Waals surface area contributed by atoms with Crippen molar-refractivity contribution in [1.29, 1.82) is 0 Å². The summed E-state index contributed by atoms with van der Waals surface area (Å²) in [6, 6.07) is 3.86. The van der Waals surface area contributed by atoms with Gasteiger partial charge >= 0.3 is 5.97 Å². The van der Waals surface area contributed by atoms with Crippen LogP contribution in [0.2, 0.25) is 0 Å². The van der Waals surface area contributed by atoms with Gasteiger partial charge in [0, 0.05) is 4.88 Å². The molecule has 0 saturated heterocycles. The van der Waals surface area contributed by atoms with Crippen molar-refractivity contribution in [2.24, 2.45) is 5.92 Å². The molecule has 1 aromatic rings. The van der Waals surface area contributed by atoms with E-state index in [4.69, 9.17) is 0 Å². The maximum Gasteiger partial charge on any atom is 0.308 e. The molecule has 3 unspecified atom stereocenters. The Labute approximate surface area is 123 Å². The third-order valence-corrected chi connectivity index (χ3v) is 5.33. The van der Waals surface area contributed by atoms with Gasteiger partial charge in [-0.25, -0.2) is 0 Å². The van der Waals surface area contributed by atoms with Crippen LogP contribution in [0.3, 0.4) is 0 Å². The molecular formula is C15H21NO3S. The fourth-order valence-electron chi connectivity index (χ4n) is 2.94. The van der Waals surface area contributed by atoms with E-state index in [0.29, 0.717) is 6.42 Å². The molecular weight excluding hydrogens is 274 g/mol. The van der Waals surface area contributed by atoms with Crippen LogP contribution in [0.1, 0.15) is 50.3 Å². The summed E-state index contributed by atoms with van der Waals surface area (Å²) in [5.41, 5.74) is -0.632. The van der Waals surface area contributed by atoms with Crippen molar-refractivity contribution in [3.05, 3.63) is 22.4 Å². The first-order valence-electron chi connectivity index (χ1n) is 7.02. The van der Waals surface area contributed by atoms with Crippen LogP contribution in [-0.4, -0.2) is 22.5 Å². The van der Waals surface area contributed by atoms with Crippen LogP contribution in [0.4, 0.5) is 0 Å². The molecule has 3 atom stereocenters. The summed E-state index contributed by atoms with van der Waals surface area (Å²) in [5, 5.41) is 14.3. The van der Waals surface area contributed by atoms with Crippen LogP contribution >= 0.6 is 11.3 Å². The first-order valence-corrected chi connectivity index (χ1v) is 7.90. The number of thiophene rings is 1. The molecule has 0 bridgehead atoms. The number of carbonyl (C=O) groups excluding carboxylic acids is 1. The van der Waals surface area contributed by atoms with E-state index >= 15 is 0 Å². The monoisotopic (exact) mass is 295 g/mol. The second-order valence-corrected chi connectivity index (χ2v) is 6.76. The van der Waals surface area contributed by atoms with E-state index in [1.165, 1.54) is 0 Å². The summed E-state index contributed by atoms with van der Waals surface area (Å²) >= 11 is 1.55. The summed E-state index contributed by atoms with van der Waals surface area (Å²) in [4.78, 5) is 24.8. The lowest BCUT2D eigenvalue weighted by Crippen LogP contribution is -2.56. The van der Waals surface area contributed by atoms with E-state index in [-0.39, 0.29) is 11.8 Å². The summed E-state index contributed by atoms with van der Waals surface area (Å²) in [6.45, 7) is 3.73. The smallest absolute Gasteiger partial charge is 0.308 e. The average Bonchev–Trinajstić information content (AvgIpc) is 2.91. The summed E-state index contributed by atoms with van der Waals surface area (Å²) in [5.74, 6) is -1.61. The number of nitrogens with one attached hydrogen (secondary N) is 1. The van der Waals surface area contributed by atoms with Gasteiger partial charge in [-0.15, -0.1) is 11.3 Å². The minimum atomic E-state index is -0.809. The number of rotatable bonds is 4.